The van der Waals surface area contributed by atoms with E-state index in [1.807, 2.05) is 6.92 Å². The molecule has 2 fully saturated rings. The third kappa shape index (κ3) is 4.40. The Morgan fingerprint density at radius 2 is 1.97 bits per heavy atom. The number of aromatic nitrogens is 2. The first-order valence-electron chi connectivity index (χ1n) is 11.4. The number of aliphatic hydroxyl groups is 2. The average molecular weight is 522 g/mol. The molecule has 0 spiro atoms. The van der Waals surface area contributed by atoms with Crippen molar-refractivity contribution in [3.63, 3.8) is 0 Å². The van der Waals surface area contributed by atoms with Gasteiger partial charge in [0.25, 0.3) is 0 Å². The van der Waals surface area contributed by atoms with E-state index >= 15 is 0 Å². The van der Waals surface area contributed by atoms with Gasteiger partial charge in [0, 0.05) is 23.5 Å². The number of amides is 1. The third-order valence-electron chi connectivity index (χ3n) is 7.76. The van der Waals surface area contributed by atoms with Crippen LogP contribution in [0, 0.1) is 17.8 Å². The van der Waals surface area contributed by atoms with Crippen LogP contribution in [0.15, 0.2) is 12.1 Å². The molecule has 11 heteroatoms. The fraction of sp³-hybridized carbons (Fsp3) is 0.652. The summed E-state index contributed by atoms with van der Waals surface area (Å²) in [5, 5.41) is 25.5. The van der Waals surface area contributed by atoms with Crippen LogP contribution in [0.25, 0.3) is 10.9 Å². The van der Waals surface area contributed by atoms with Crippen LogP contribution in [0.4, 0.5) is 13.2 Å². The maximum atomic E-state index is 13.6. The molecule has 0 bridgehead atoms. The zero-order valence-corrected chi connectivity index (χ0v) is 20.4. The lowest BCUT2D eigenvalue weighted by molar-refractivity contribution is -0.234. The zero-order valence-electron chi connectivity index (χ0n) is 18.9. The monoisotopic (exact) mass is 521 g/mol. The Morgan fingerprint density at radius 3 is 2.62 bits per heavy atom. The second kappa shape index (κ2) is 9.48. The van der Waals surface area contributed by atoms with E-state index in [0.29, 0.717) is 28.8 Å². The molecule has 4 rings (SSSR count). The van der Waals surface area contributed by atoms with Crippen LogP contribution in [0.5, 0.6) is 0 Å². The van der Waals surface area contributed by atoms with Gasteiger partial charge in [-0.1, -0.05) is 29.6 Å². The van der Waals surface area contributed by atoms with Crippen LogP contribution >= 0.6 is 23.2 Å². The molecule has 1 aromatic heterocycles. The third-order valence-corrected chi connectivity index (χ3v) is 8.38. The summed E-state index contributed by atoms with van der Waals surface area (Å²) in [7, 11) is 1.73. The van der Waals surface area contributed by atoms with Crippen LogP contribution in [0.3, 0.4) is 0 Å². The second-order valence-corrected chi connectivity index (χ2v) is 10.3. The summed E-state index contributed by atoms with van der Waals surface area (Å²) >= 11 is 12.7. The van der Waals surface area contributed by atoms with Crippen molar-refractivity contribution in [3.8, 4) is 0 Å². The molecule has 2 aromatic rings. The summed E-state index contributed by atoms with van der Waals surface area (Å²) < 4.78 is 41.6. The highest BCUT2D eigenvalue weighted by Gasteiger charge is 2.53. The molecule has 6 nitrogen and oxygen atoms in total. The van der Waals surface area contributed by atoms with Gasteiger partial charge in [-0.15, -0.1) is 0 Å². The van der Waals surface area contributed by atoms with Crippen molar-refractivity contribution in [2.75, 3.05) is 6.61 Å². The highest BCUT2D eigenvalue weighted by molar-refractivity contribution is 6.37. The number of rotatable bonds is 4. The smallest absolute Gasteiger partial charge is 0.394 e. The maximum absolute atomic E-state index is 13.6. The number of fused-ring (bicyclic) bond motifs is 2. The van der Waals surface area contributed by atoms with Crippen molar-refractivity contribution in [1.82, 2.24) is 14.7 Å². The molecule has 1 aromatic carbocycles. The topological polar surface area (TPSA) is 78.6 Å². The van der Waals surface area contributed by atoms with Crippen molar-refractivity contribution < 1.29 is 28.2 Å². The van der Waals surface area contributed by atoms with Gasteiger partial charge in [-0.3, -0.25) is 9.48 Å². The summed E-state index contributed by atoms with van der Waals surface area (Å²) in [6, 6.07) is 2.40. The van der Waals surface area contributed by atoms with E-state index in [4.69, 9.17) is 23.2 Å². The van der Waals surface area contributed by atoms with Gasteiger partial charge in [0.05, 0.1) is 24.6 Å². The molecular weight excluding hydrogens is 494 g/mol. The summed E-state index contributed by atoms with van der Waals surface area (Å²) in [6.45, 7) is 1.44. The first-order chi connectivity index (χ1) is 16.0. The Bertz CT molecular complexity index is 1080. The predicted octanol–water partition coefficient (Wildman–Crippen LogP) is 4.36. The Hall–Kier alpha value is -1.55. The van der Waals surface area contributed by atoms with E-state index in [2.05, 4.69) is 5.10 Å². The normalized spacial score (nSPS) is 28.7. The average Bonchev–Trinajstić information content (AvgIpc) is 3.07. The largest absolute Gasteiger partial charge is 0.414 e. The zero-order chi connectivity index (χ0) is 24.9. The number of carbonyl (C=O) groups excluding carboxylic acids is 1. The minimum absolute atomic E-state index is 0.0750. The van der Waals surface area contributed by atoms with Gasteiger partial charge in [0.1, 0.15) is 0 Å². The van der Waals surface area contributed by atoms with Crippen LogP contribution in [-0.2, 0) is 18.3 Å². The van der Waals surface area contributed by atoms with Crippen LogP contribution in [0.2, 0.25) is 10.2 Å². The van der Waals surface area contributed by atoms with E-state index in [1.165, 1.54) is 0 Å². The van der Waals surface area contributed by atoms with E-state index < -0.39 is 36.2 Å². The molecule has 1 aliphatic carbocycles. The number of carbonyl (C=O) groups is 1. The number of likely N-dealkylation sites (tertiary alicyclic amines) is 1. The maximum Gasteiger partial charge on any atom is 0.414 e. The van der Waals surface area contributed by atoms with Gasteiger partial charge < -0.3 is 15.1 Å². The Kier molecular flexibility index (Phi) is 7.12. The number of hydrogen-bond donors (Lipinski definition) is 2. The molecule has 1 saturated carbocycles. The van der Waals surface area contributed by atoms with Gasteiger partial charge in [0.15, 0.2) is 11.3 Å². The van der Waals surface area contributed by atoms with Gasteiger partial charge in [-0.25, -0.2) is 0 Å². The minimum Gasteiger partial charge on any atom is -0.394 e. The fourth-order valence-corrected chi connectivity index (χ4v) is 6.79. The minimum atomic E-state index is -4.70. The molecule has 6 atom stereocenters. The number of piperidine rings is 1. The van der Waals surface area contributed by atoms with Crippen molar-refractivity contribution in [3.05, 3.63) is 27.9 Å². The Balaban J connectivity index is 1.63. The Labute approximate surface area is 205 Å². The number of nitrogens with zero attached hydrogens (tertiary/aromatic N) is 3. The van der Waals surface area contributed by atoms with Crippen LogP contribution in [-0.4, -0.2) is 61.8 Å². The number of aliphatic hydroxyl groups excluding tert-OH is 2. The van der Waals surface area contributed by atoms with E-state index in [0.717, 1.165) is 5.52 Å². The van der Waals surface area contributed by atoms with E-state index in [9.17, 15) is 28.2 Å². The molecule has 0 unspecified atom stereocenters. The Morgan fingerprint density at radius 1 is 1.26 bits per heavy atom. The second-order valence-electron chi connectivity index (χ2n) is 9.53. The number of halogens is 5. The molecule has 2 N–H and O–H groups in total. The number of benzene rings is 1. The lowest BCUT2D eigenvalue weighted by atomic mass is 9.62. The SMILES string of the molecule is C[C@H]1[C@@H]2CCC[C@H]([C@H](O)C(F)(F)F)[C@H]2C[C@H](CO)N1C(=O)Cc1c(Cl)ccc2c1c(Cl)nn2C. The molecule has 0 radical (unpaired) electrons. The van der Waals surface area contributed by atoms with Gasteiger partial charge in [0.2, 0.25) is 5.91 Å². The first kappa shape index (κ1) is 25.5. The quantitative estimate of drug-likeness (QED) is 0.626. The van der Waals surface area contributed by atoms with Crippen LogP contribution in [0.1, 0.15) is 38.2 Å². The molecule has 1 aliphatic heterocycles. The van der Waals surface area contributed by atoms with Crippen molar-refractivity contribution in [2.45, 2.75) is 63.4 Å². The summed E-state index contributed by atoms with van der Waals surface area (Å²) in [4.78, 5) is 15.2. The van der Waals surface area contributed by atoms with Crippen LogP contribution < -0.4 is 0 Å². The molecule has 188 valence electrons. The number of aryl methyl sites for hydroxylation is 1. The standard InChI is InChI=1S/C23H28Cl2F3N3O3/c1-11-13-4-3-5-14(21(34)23(26,27)28)15(13)8-12(10-32)31(11)19(33)9-16-17(24)6-7-18-20(16)22(25)29-30(18)2/h6-7,11-15,21,32,34H,3-5,8-10H2,1-2H3/t11-,12+,13-,14-,15-,21-/m0/s1. The summed E-state index contributed by atoms with van der Waals surface area (Å²) in [5.41, 5.74) is 1.25. The summed E-state index contributed by atoms with van der Waals surface area (Å²) in [5.74, 6) is -1.85. The number of hydrogen-bond acceptors (Lipinski definition) is 4. The highest BCUT2D eigenvalue weighted by atomic mass is 35.5. The lowest BCUT2D eigenvalue weighted by Crippen LogP contribution is -2.60. The molecule has 2 aliphatic rings. The lowest BCUT2D eigenvalue weighted by Gasteiger charge is -2.53. The molecule has 1 saturated heterocycles. The fourth-order valence-electron chi connectivity index (χ4n) is 6.24. The molecule has 1 amide bonds. The summed E-state index contributed by atoms with van der Waals surface area (Å²) in [6.07, 6.45) is -5.48. The molecule has 2 heterocycles. The highest BCUT2D eigenvalue weighted by Crippen LogP contribution is 2.48. The predicted molar refractivity (Wildman–Crippen MR) is 123 cm³/mol. The van der Waals surface area contributed by atoms with E-state index in [-0.39, 0.29) is 42.8 Å². The van der Waals surface area contributed by atoms with Crippen molar-refractivity contribution >= 4 is 40.0 Å². The van der Waals surface area contributed by atoms with Gasteiger partial charge >= 0.3 is 6.18 Å². The first-order valence-corrected chi connectivity index (χ1v) is 12.2. The molecule has 34 heavy (non-hydrogen) atoms. The number of alkyl halides is 3. The van der Waals surface area contributed by atoms with E-state index in [1.54, 1.807) is 28.8 Å². The van der Waals surface area contributed by atoms with Crippen molar-refractivity contribution in [2.24, 2.45) is 24.8 Å². The van der Waals surface area contributed by atoms with Gasteiger partial charge in [-0.2, -0.15) is 18.3 Å². The van der Waals surface area contributed by atoms with Gasteiger partial charge in [-0.05, 0) is 61.6 Å². The molecular formula is C23H28Cl2F3N3O3. The van der Waals surface area contributed by atoms with Crippen molar-refractivity contribution in [1.29, 1.82) is 0 Å².